The molecule has 2 rings (SSSR count). The molecular formula is C13H20BrNOS. The van der Waals surface area contributed by atoms with Crippen LogP contribution in [0.15, 0.2) is 15.9 Å². The predicted octanol–water partition coefficient (Wildman–Crippen LogP) is 4.81. The molecule has 0 aliphatic heterocycles. The van der Waals surface area contributed by atoms with Gasteiger partial charge in [0.25, 0.3) is 5.22 Å². The Hall–Kier alpha value is 0.0400. The van der Waals surface area contributed by atoms with Crippen LogP contribution in [0.2, 0.25) is 0 Å². The molecule has 0 radical (unpaired) electrons. The molecule has 1 heterocycles. The van der Waals surface area contributed by atoms with E-state index < -0.39 is 0 Å². The maximum absolute atomic E-state index is 5.41. The number of oxazole rings is 1. The smallest absolute Gasteiger partial charge is 0.255 e. The van der Waals surface area contributed by atoms with E-state index in [4.69, 9.17) is 4.42 Å². The van der Waals surface area contributed by atoms with Gasteiger partial charge in [-0.1, -0.05) is 53.4 Å². The highest BCUT2D eigenvalue weighted by Crippen LogP contribution is 2.40. The molecule has 0 aromatic carbocycles. The van der Waals surface area contributed by atoms with Gasteiger partial charge in [-0.05, 0) is 25.2 Å². The highest BCUT2D eigenvalue weighted by atomic mass is 79.9. The van der Waals surface area contributed by atoms with Crippen LogP contribution in [0.4, 0.5) is 0 Å². The van der Waals surface area contributed by atoms with Crippen molar-refractivity contribution in [1.82, 2.24) is 4.98 Å². The van der Waals surface area contributed by atoms with E-state index in [2.05, 4.69) is 20.9 Å². The van der Waals surface area contributed by atoms with Crippen molar-refractivity contribution in [3.05, 3.63) is 12.0 Å². The van der Waals surface area contributed by atoms with Crippen LogP contribution in [0.1, 0.15) is 44.2 Å². The van der Waals surface area contributed by atoms with Crippen LogP contribution in [-0.4, -0.2) is 16.1 Å². The molecule has 1 aromatic heterocycles. The summed E-state index contributed by atoms with van der Waals surface area (Å²) in [7, 11) is 0. The van der Waals surface area contributed by atoms with Crippen LogP contribution in [-0.2, 0) is 0 Å². The summed E-state index contributed by atoms with van der Waals surface area (Å²) in [5, 5.41) is 1.93. The van der Waals surface area contributed by atoms with E-state index in [-0.39, 0.29) is 0 Å². The molecule has 2 nitrogen and oxygen atoms in total. The molecule has 0 atom stereocenters. The van der Waals surface area contributed by atoms with Gasteiger partial charge in [0.05, 0.1) is 5.69 Å². The first-order valence-electron chi connectivity index (χ1n) is 6.35. The number of nitrogens with zero attached hydrogens (tertiary/aromatic N) is 1. The van der Waals surface area contributed by atoms with Crippen molar-refractivity contribution in [2.75, 3.05) is 11.1 Å². The Kier molecular flexibility index (Phi) is 4.97. The molecule has 0 spiro atoms. The molecule has 1 saturated carbocycles. The average Bonchev–Trinajstić information content (AvgIpc) is 2.63. The summed E-state index contributed by atoms with van der Waals surface area (Å²) in [6.07, 6.45) is 9.95. The van der Waals surface area contributed by atoms with Crippen molar-refractivity contribution < 1.29 is 4.42 Å². The van der Waals surface area contributed by atoms with Gasteiger partial charge in [0.2, 0.25) is 0 Å². The Morgan fingerprint density at radius 2 is 2.06 bits per heavy atom. The zero-order valence-electron chi connectivity index (χ0n) is 10.4. The Morgan fingerprint density at radius 3 is 2.59 bits per heavy atom. The van der Waals surface area contributed by atoms with Gasteiger partial charge in [-0.25, -0.2) is 4.98 Å². The van der Waals surface area contributed by atoms with Gasteiger partial charge in [-0.2, -0.15) is 0 Å². The summed E-state index contributed by atoms with van der Waals surface area (Å²) in [5.74, 6) is 1.12. The van der Waals surface area contributed by atoms with E-state index in [1.165, 1.54) is 38.5 Å². The lowest BCUT2D eigenvalue weighted by Gasteiger charge is -2.29. The van der Waals surface area contributed by atoms with E-state index >= 15 is 0 Å². The summed E-state index contributed by atoms with van der Waals surface area (Å²) in [6, 6.07) is 0. The number of thioether (sulfide) groups is 1. The molecular weight excluding hydrogens is 298 g/mol. The van der Waals surface area contributed by atoms with E-state index in [1.807, 2.05) is 6.92 Å². The molecule has 0 amide bonds. The van der Waals surface area contributed by atoms with E-state index in [1.54, 1.807) is 18.0 Å². The van der Waals surface area contributed by atoms with Crippen LogP contribution in [0.25, 0.3) is 0 Å². The third-order valence-electron chi connectivity index (χ3n) is 3.55. The molecule has 0 bridgehead atoms. The van der Waals surface area contributed by atoms with E-state index in [0.717, 1.165) is 22.0 Å². The second kappa shape index (κ2) is 6.28. The van der Waals surface area contributed by atoms with Gasteiger partial charge < -0.3 is 4.42 Å². The Labute approximate surface area is 116 Å². The van der Waals surface area contributed by atoms with E-state index in [0.29, 0.717) is 5.41 Å². The molecule has 1 aliphatic rings. The minimum absolute atomic E-state index is 0.448. The van der Waals surface area contributed by atoms with Gasteiger partial charge in [0.15, 0.2) is 0 Å². The third kappa shape index (κ3) is 3.75. The molecule has 96 valence electrons. The highest BCUT2D eigenvalue weighted by Gasteiger charge is 2.30. The zero-order valence-corrected chi connectivity index (χ0v) is 12.8. The standard InChI is InChI=1S/C13H20BrNOS/c1-11-8-16-12(15-11)17-10-13(9-14)6-4-2-3-5-7-13/h8H,2-7,9-10H2,1H3. The largest absolute Gasteiger partial charge is 0.440 e. The molecule has 1 aromatic rings. The van der Waals surface area contributed by atoms with Crippen LogP contribution in [0.5, 0.6) is 0 Å². The van der Waals surface area contributed by atoms with Gasteiger partial charge in [0.1, 0.15) is 6.26 Å². The fourth-order valence-electron chi connectivity index (χ4n) is 2.41. The maximum Gasteiger partial charge on any atom is 0.255 e. The number of aryl methyl sites for hydroxylation is 1. The second-order valence-electron chi connectivity index (χ2n) is 5.09. The van der Waals surface area contributed by atoms with E-state index in [9.17, 15) is 0 Å². The number of aromatic nitrogens is 1. The van der Waals surface area contributed by atoms with Crippen LogP contribution >= 0.6 is 27.7 Å². The lowest BCUT2D eigenvalue weighted by atomic mass is 9.85. The number of hydrogen-bond acceptors (Lipinski definition) is 3. The average molecular weight is 318 g/mol. The quantitative estimate of drug-likeness (QED) is 0.453. The number of rotatable bonds is 4. The van der Waals surface area contributed by atoms with Crippen molar-refractivity contribution in [1.29, 1.82) is 0 Å². The Bertz CT molecular complexity index is 345. The van der Waals surface area contributed by atoms with Crippen molar-refractivity contribution >= 4 is 27.7 Å². The second-order valence-corrected chi connectivity index (χ2v) is 6.58. The van der Waals surface area contributed by atoms with Gasteiger partial charge >= 0.3 is 0 Å². The molecule has 17 heavy (non-hydrogen) atoms. The lowest BCUT2D eigenvalue weighted by molar-refractivity contribution is 0.332. The monoisotopic (exact) mass is 317 g/mol. The molecule has 1 aliphatic carbocycles. The van der Waals surface area contributed by atoms with Crippen molar-refractivity contribution in [2.45, 2.75) is 50.7 Å². The predicted molar refractivity (Wildman–Crippen MR) is 75.9 cm³/mol. The highest BCUT2D eigenvalue weighted by molar-refractivity contribution is 9.09. The Balaban J connectivity index is 1.93. The van der Waals surface area contributed by atoms with Crippen LogP contribution in [0.3, 0.4) is 0 Å². The third-order valence-corrected chi connectivity index (χ3v) is 5.93. The molecule has 0 unspecified atom stereocenters. The number of halogens is 1. The summed E-state index contributed by atoms with van der Waals surface area (Å²) in [5.41, 5.74) is 1.42. The Morgan fingerprint density at radius 1 is 1.35 bits per heavy atom. The fourth-order valence-corrected chi connectivity index (χ4v) is 4.58. The summed E-state index contributed by atoms with van der Waals surface area (Å²) < 4.78 is 5.41. The normalized spacial score (nSPS) is 20.1. The zero-order chi connectivity index (χ0) is 12.1. The van der Waals surface area contributed by atoms with Gasteiger partial charge in [-0.3, -0.25) is 0 Å². The maximum atomic E-state index is 5.41. The summed E-state index contributed by atoms with van der Waals surface area (Å²) >= 11 is 5.49. The SMILES string of the molecule is Cc1coc(SCC2(CBr)CCCCCC2)n1. The first-order valence-corrected chi connectivity index (χ1v) is 8.46. The minimum atomic E-state index is 0.448. The van der Waals surface area contributed by atoms with Crippen molar-refractivity contribution in [3.8, 4) is 0 Å². The molecule has 1 fully saturated rings. The van der Waals surface area contributed by atoms with Crippen LogP contribution in [0, 0.1) is 12.3 Å². The molecule has 4 heteroatoms. The van der Waals surface area contributed by atoms with Crippen molar-refractivity contribution in [2.24, 2.45) is 5.41 Å². The number of alkyl halides is 1. The van der Waals surface area contributed by atoms with Gasteiger partial charge in [0, 0.05) is 11.1 Å². The van der Waals surface area contributed by atoms with Crippen molar-refractivity contribution in [3.63, 3.8) is 0 Å². The van der Waals surface area contributed by atoms with Crippen LogP contribution < -0.4 is 0 Å². The molecule has 0 saturated heterocycles. The first-order chi connectivity index (χ1) is 8.24. The van der Waals surface area contributed by atoms with Gasteiger partial charge in [-0.15, -0.1) is 0 Å². The summed E-state index contributed by atoms with van der Waals surface area (Å²) in [6.45, 7) is 1.97. The summed E-state index contributed by atoms with van der Waals surface area (Å²) in [4.78, 5) is 4.36. The topological polar surface area (TPSA) is 26.0 Å². The minimum Gasteiger partial charge on any atom is -0.440 e. The molecule has 0 N–H and O–H groups in total. The number of hydrogen-bond donors (Lipinski definition) is 0. The lowest BCUT2D eigenvalue weighted by Crippen LogP contribution is -2.25. The fraction of sp³-hybridized carbons (Fsp3) is 0.769. The first kappa shape index (κ1) is 13.5.